The number of carbonyl (C=O) groups excluding carboxylic acids is 1. The third-order valence-electron chi connectivity index (χ3n) is 4.91. The fraction of sp³-hybridized carbons (Fsp3) is 0.100. The van der Waals surface area contributed by atoms with Gasteiger partial charge in [-0.25, -0.2) is 15.0 Å². The van der Waals surface area contributed by atoms with Gasteiger partial charge in [-0.3, -0.25) is 4.79 Å². The van der Waals surface area contributed by atoms with Gasteiger partial charge in [0, 0.05) is 11.1 Å². The molecule has 0 saturated heterocycles. The van der Waals surface area contributed by atoms with Crippen molar-refractivity contribution in [3.8, 4) is 0 Å². The molecule has 6 heteroatoms. The van der Waals surface area contributed by atoms with Crippen LogP contribution in [0, 0.1) is 5.92 Å². The van der Waals surface area contributed by atoms with E-state index in [9.17, 15) is 4.79 Å². The minimum absolute atomic E-state index is 0.0556. The Kier molecular flexibility index (Phi) is 3.12. The Morgan fingerprint density at radius 1 is 0.923 bits per heavy atom. The Balaban J connectivity index is 1.79. The summed E-state index contributed by atoms with van der Waals surface area (Å²) in [7, 11) is 0. The van der Waals surface area contributed by atoms with E-state index in [0.29, 0.717) is 28.6 Å². The number of nitrogen functional groups attached to an aromatic ring is 1. The summed E-state index contributed by atoms with van der Waals surface area (Å²) in [6, 6.07) is 17.2. The van der Waals surface area contributed by atoms with Crippen LogP contribution in [0.1, 0.15) is 27.5 Å². The van der Waals surface area contributed by atoms with Crippen molar-refractivity contribution in [1.82, 2.24) is 9.97 Å². The van der Waals surface area contributed by atoms with E-state index in [2.05, 4.69) is 15.3 Å². The SMILES string of the molecule is Nc1ncnc2c1N=C1c3ccccc3C(=O)C1C(c1ccccc1)N2. The first-order valence-electron chi connectivity index (χ1n) is 8.38. The highest BCUT2D eigenvalue weighted by molar-refractivity contribution is 6.29. The molecule has 1 aliphatic carbocycles. The van der Waals surface area contributed by atoms with Crippen molar-refractivity contribution in [2.75, 3.05) is 11.1 Å². The topological polar surface area (TPSA) is 93.3 Å². The molecule has 2 aliphatic rings. The zero-order valence-corrected chi connectivity index (χ0v) is 13.8. The molecule has 3 aromatic rings. The number of aromatic nitrogens is 2. The van der Waals surface area contributed by atoms with Gasteiger partial charge in [0.15, 0.2) is 17.4 Å². The van der Waals surface area contributed by atoms with Crippen LogP contribution in [-0.4, -0.2) is 21.5 Å². The van der Waals surface area contributed by atoms with Gasteiger partial charge in [-0.15, -0.1) is 0 Å². The van der Waals surface area contributed by atoms with Gasteiger partial charge in [-0.05, 0) is 5.56 Å². The summed E-state index contributed by atoms with van der Waals surface area (Å²) in [5.74, 6) is 0.446. The van der Waals surface area contributed by atoms with Crippen LogP contribution in [0.25, 0.3) is 0 Å². The molecule has 1 aliphatic heterocycles. The maximum atomic E-state index is 13.2. The van der Waals surface area contributed by atoms with Crippen molar-refractivity contribution in [3.63, 3.8) is 0 Å². The first kappa shape index (κ1) is 14.8. The number of nitrogens with one attached hydrogen (secondary N) is 1. The molecule has 0 saturated carbocycles. The molecule has 2 atom stereocenters. The molecule has 5 rings (SSSR count). The molecule has 0 fully saturated rings. The van der Waals surface area contributed by atoms with Gasteiger partial charge in [0.1, 0.15) is 12.0 Å². The molecular weight excluding hydrogens is 326 g/mol. The number of nitrogens with two attached hydrogens (primary N) is 1. The van der Waals surface area contributed by atoms with Crippen LogP contribution in [0.5, 0.6) is 0 Å². The van der Waals surface area contributed by atoms with Crippen LogP contribution in [0.2, 0.25) is 0 Å². The third-order valence-corrected chi connectivity index (χ3v) is 4.91. The average molecular weight is 341 g/mol. The molecule has 2 unspecified atom stereocenters. The number of benzene rings is 2. The second kappa shape index (κ2) is 5.49. The lowest BCUT2D eigenvalue weighted by atomic mass is 9.88. The van der Waals surface area contributed by atoms with Crippen LogP contribution in [0.15, 0.2) is 65.9 Å². The van der Waals surface area contributed by atoms with E-state index in [1.807, 2.05) is 54.6 Å². The van der Waals surface area contributed by atoms with Gasteiger partial charge in [0.05, 0.1) is 17.7 Å². The summed E-state index contributed by atoms with van der Waals surface area (Å²) in [5.41, 5.74) is 9.78. The summed E-state index contributed by atoms with van der Waals surface area (Å²) in [5, 5.41) is 3.39. The Morgan fingerprint density at radius 2 is 1.65 bits per heavy atom. The van der Waals surface area contributed by atoms with E-state index < -0.39 is 5.92 Å². The number of nitrogens with zero attached hydrogens (tertiary/aromatic N) is 3. The highest BCUT2D eigenvalue weighted by atomic mass is 16.1. The van der Waals surface area contributed by atoms with Crippen LogP contribution in [0.3, 0.4) is 0 Å². The van der Waals surface area contributed by atoms with E-state index in [4.69, 9.17) is 10.7 Å². The molecule has 6 nitrogen and oxygen atoms in total. The van der Waals surface area contributed by atoms with Crippen molar-refractivity contribution in [2.24, 2.45) is 10.9 Å². The number of hydrogen-bond donors (Lipinski definition) is 2. The third kappa shape index (κ3) is 2.05. The second-order valence-corrected chi connectivity index (χ2v) is 6.37. The molecule has 1 aromatic heterocycles. The van der Waals surface area contributed by atoms with Crippen molar-refractivity contribution in [3.05, 3.63) is 77.6 Å². The summed E-state index contributed by atoms with van der Waals surface area (Å²) >= 11 is 0. The first-order valence-corrected chi connectivity index (χ1v) is 8.38. The molecular formula is C20H15N5O. The van der Waals surface area contributed by atoms with Gasteiger partial charge in [0.25, 0.3) is 0 Å². The Hall–Kier alpha value is -3.54. The van der Waals surface area contributed by atoms with Crippen LogP contribution >= 0.6 is 0 Å². The molecule has 0 radical (unpaired) electrons. The summed E-state index contributed by atoms with van der Waals surface area (Å²) < 4.78 is 0. The van der Waals surface area contributed by atoms with E-state index >= 15 is 0 Å². The number of aliphatic imine (C=N–C) groups is 1. The van der Waals surface area contributed by atoms with Crippen molar-refractivity contribution in [1.29, 1.82) is 0 Å². The summed E-state index contributed by atoms with van der Waals surface area (Å²) in [6.45, 7) is 0. The molecule has 3 N–H and O–H groups in total. The van der Waals surface area contributed by atoms with Crippen LogP contribution in [0.4, 0.5) is 17.3 Å². The minimum atomic E-state index is -0.441. The lowest BCUT2D eigenvalue weighted by Crippen LogP contribution is -2.28. The van der Waals surface area contributed by atoms with Gasteiger partial charge >= 0.3 is 0 Å². The number of ketones is 1. The van der Waals surface area contributed by atoms with Crippen molar-refractivity contribution in [2.45, 2.75) is 6.04 Å². The Bertz CT molecular complexity index is 1060. The number of carbonyl (C=O) groups is 1. The molecule has 0 amide bonds. The molecule has 0 bridgehead atoms. The number of hydrogen-bond acceptors (Lipinski definition) is 6. The number of anilines is 2. The normalized spacial score (nSPS) is 20.3. The summed E-state index contributed by atoms with van der Waals surface area (Å²) in [6.07, 6.45) is 1.40. The average Bonchev–Trinajstić information content (AvgIpc) is 2.84. The fourth-order valence-corrected chi connectivity index (χ4v) is 3.72. The smallest absolute Gasteiger partial charge is 0.175 e. The number of Topliss-reactive ketones (excluding diaryl/α,β-unsaturated/α-hetero) is 1. The predicted molar refractivity (Wildman–Crippen MR) is 99.7 cm³/mol. The molecule has 126 valence electrons. The quantitative estimate of drug-likeness (QED) is 0.709. The molecule has 26 heavy (non-hydrogen) atoms. The fourth-order valence-electron chi connectivity index (χ4n) is 3.72. The monoisotopic (exact) mass is 341 g/mol. The predicted octanol–water partition coefficient (Wildman–Crippen LogP) is 3.16. The van der Waals surface area contributed by atoms with Crippen molar-refractivity contribution < 1.29 is 4.79 Å². The molecule has 0 spiro atoms. The maximum Gasteiger partial charge on any atom is 0.175 e. The maximum absolute atomic E-state index is 13.2. The lowest BCUT2D eigenvalue weighted by molar-refractivity contribution is 0.0952. The van der Waals surface area contributed by atoms with Crippen LogP contribution < -0.4 is 11.1 Å². The Morgan fingerprint density at radius 3 is 2.46 bits per heavy atom. The van der Waals surface area contributed by atoms with E-state index in [1.165, 1.54) is 6.33 Å². The van der Waals surface area contributed by atoms with Gasteiger partial charge < -0.3 is 11.1 Å². The van der Waals surface area contributed by atoms with E-state index in [0.717, 1.165) is 11.1 Å². The standard InChI is InChI=1S/C20H15N5O/c21-19-17-20(23-10-22-19)25-15(11-6-2-1-3-7-11)14-16(24-17)12-8-4-5-9-13(12)18(14)26/h1-10,14-15H,(H3,21,22,23,25). The van der Waals surface area contributed by atoms with Crippen LogP contribution in [-0.2, 0) is 0 Å². The highest BCUT2D eigenvalue weighted by Crippen LogP contribution is 2.43. The zero-order valence-electron chi connectivity index (χ0n) is 13.8. The highest BCUT2D eigenvalue weighted by Gasteiger charge is 2.44. The number of rotatable bonds is 1. The second-order valence-electron chi connectivity index (χ2n) is 6.37. The van der Waals surface area contributed by atoms with Gasteiger partial charge in [0.2, 0.25) is 0 Å². The van der Waals surface area contributed by atoms with Gasteiger partial charge in [-0.1, -0.05) is 54.6 Å². The zero-order chi connectivity index (χ0) is 17.7. The van der Waals surface area contributed by atoms with Gasteiger partial charge in [-0.2, -0.15) is 0 Å². The molecule has 2 heterocycles. The molecule has 2 aromatic carbocycles. The largest absolute Gasteiger partial charge is 0.382 e. The number of fused-ring (bicyclic) bond motifs is 4. The van der Waals surface area contributed by atoms with Crippen molar-refractivity contribution >= 4 is 28.8 Å². The van der Waals surface area contributed by atoms with E-state index in [-0.39, 0.29) is 11.8 Å². The minimum Gasteiger partial charge on any atom is -0.382 e. The first-order chi connectivity index (χ1) is 12.7. The lowest BCUT2D eigenvalue weighted by Gasteiger charge is -2.23. The Labute approximate surface area is 149 Å². The van der Waals surface area contributed by atoms with E-state index in [1.54, 1.807) is 0 Å². The summed E-state index contributed by atoms with van der Waals surface area (Å²) in [4.78, 5) is 26.3.